The third-order valence-corrected chi connectivity index (χ3v) is 5.12. The van der Waals surface area contributed by atoms with Crippen molar-refractivity contribution in [2.24, 2.45) is 11.8 Å². The highest BCUT2D eigenvalue weighted by atomic mass is 16.5. The molecule has 0 saturated carbocycles. The second-order valence-electron chi connectivity index (χ2n) is 6.62. The van der Waals surface area contributed by atoms with Crippen LogP contribution in [0.1, 0.15) is 0 Å². The predicted octanol–water partition coefficient (Wildman–Crippen LogP) is 1.84. The van der Waals surface area contributed by atoms with E-state index in [0.717, 1.165) is 16.4 Å². The number of para-hydroxylation sites is 1. The molecule has 1 amide bonds. The summed E-state index contributed by atoms with van der Waals surface area (Å²) in [6.45, 7) is 0. The van der Waals surface area contributed by atoms with Crippen LogP contribution in [0.3, 0.4) is 0 Å². The maximum Gasteiger partial charge on any atom is 0.231 e. The van der Waals surface area contributed by atoms with E-state index in [9.17, 15) is 14.7 Å². The van der Waals surface area contributed by atoms with Gasteiger partial charge in [-0.15, -0.1) is 0 Å². The summed E-state index contributed by atoms with van der Waals surface area (Å²) in [7, 11) is 0. The summed E-state index contributed by atoms with van der Waals surface area (Å²) in [4.78, 5) is 24.1. The highest BCUT2D eigenvalue weighted by molar-refractivity contribution is 6.06. The standard InChI is InChI=1S/C20H15NO5/c22-19(17-14-7-8-15(26-14)18(17)20(23)24)21-10-5-6-12-11-3-1-2-4-13(11)25-16(12)9-10/h1-9,14-15,17-18H,(H,21,22)(H,23,24)/p-1/t14-,15+,17+,18+/m1/s1. The van der Waals surface area contributed by atoms with Crippen molar-refractivity contribution in [3.63, 3.8) is 0 Å². The summed E-state index contributed by atoms with van der Waals surface area (Å²) >= 11 is 0. The van der Waals surface area contributed by atoms with Crippen LogP contribution in [0.15, 0.2) is 59.0 Å². The summed E-state index contributed by atoms with van der Waals surface area (Å²) in [5, 5.41) is 16.2. The number of anilines is 1. The van der Waals surface area contributed by atoms with Gasteiger partial charge < -0.3 is 24.4 Å². The van der Waals surface area contributed by atoms with E-state index < -0.39 is 35.9 Å². The van der Waals surface area contributed by atoms with Gasteiger partial charge in [-0.25, -0.2) is 0 Å². The highest BCUT2D eigenvalue weighted by Gasteiger charge is 2.50. The molecule has 26 heavy (non-hydrogen) atoms. The molecule has 2 bridgehead atoms. The smallest absolute Gasteiger partial charge is 0.231 e. The quantitative estimate of drug-likeness (QED) is 0.729. The highest BCUT2D eigenvalue weighted by Crippen LogP contribution is 2.39. The minimum atomic E-state index is -1.27. The van der Waals surface area contributed by atoms with E-state index in [0.29, 0.717) is 11.3 Å². The van der Waals surface area contributed by atoms with Crippen LogP contribution in [0.2, 0.25) is 0 Å². The third-order valence-electron chi connectivity index (χ3n) is 5.12. The maximum absolute atomic E-state index is 12.7. The lowest BCUT2D eigenvalue weighted by atomic mass is 9.82. The molecule has 130 valence electrons. The number of carbonyl (C=O) groups excluding carboxylic acids is 2. The first-order valence-corrected chi connectivity index (χ1v) is 8.38. The number of rotatable bonds is 3. The molecule has 3 heterocycles. The number of benzene rings is 2. The van der Waals surface area contributed by atoms with Crippen LogP contribution in [0.25, 0.3) is 21.9 Å². The number of furan rings is 1. The zero-order chi connectivity index (χ0) is 17.8. The van der Waals surface area contributed by atoms with E-state index in [1.165, 1.54) is 0 Å². The Morgan fingerprint density at radius 1 is 0.923 bits per heavy atom. The van der Waals surface area contributed by atoms with E-state index in [4.69, 9.17) is 9.15 Å². The zero-order valence-corrected chi connectivity index (χ0v) is 13.5. The Bertz CT molecular complexity index is 1080. The van der Waals surface area contributed by atoms with Crippen LogP contribution < -0.4 is 10.4 Å². The topological polar surface area (TPSA) is 91.6 Å². The predicted molar refractivity (Wildman–Crippen MR) is 92.1 cm³/mol. The van der Waals surface area contributed by atoms with E-state index in [-0.39, 0.29) is 0 Å². The summed E-state index contributed by atoms with van der Waals surface area (Å²) < 4.78 is 11.3. The van der Waals surface area contributed by atoms with Crippen molar-refractivity contribution in [1.82, 2.24) is 0 Å². The van der Waals surface area contributed by atoms with Gasteiger partial charge in [0.2, 0.25) is 5.91 Å². The average molecular weight is 348 g/mol. The van der Waals surface area contributed by atoms with Crippen LogP contribution in [-0.4, -0.2) is 24.1 Å². The number of ether oxygens (including phenoxy) is 1. The number of hydrogen-bond donors (Lipinski definition) is 1. The van der Waals surface area contributed by atoms with Gasteiger partial charge in [0.1, 0.15) is 11.2 Å². The zero-order valence-electron chi connectivity index (χ0n) is 13.5. The lowest BCUT2D eigenvalue weighted by molar-refractivity contribution is -0.313. The van der Waals surface area contributed by atoms with Gasteiger partial charge in [-0.1, -0.05) is 30.4 Å². The summed E-state index contributed by atoms with van der Waals surface area (Å²) in [5.41, 5.74) is 1.98. The molecule has 6 nitrogen and oxygen atoms in total. The van der Waals surface area contributed by atoms with Gasteiger partial charge in [-0.05, 0) is 18.2 Å². The third kappa shape index (κ3) is 2.16. The fourth-order valence-electron chi connectivity index (χ4n) is 3.93. The molecule has 3 aromatic rings. The number of nitrogens with one attached hydrogen (secondary N) is 1. The molecule has 5 rings (SSSR count). The van der Waals surface area contributed by atoms with Gasteiger partial charge in [0.15, 0.2) is 0 Å². The molecule has 1 saturated heterocycles. The first-order chi connectivity index (χ1) is 12.6. The van der Waals surface area contributed by atoms with E-state index in [2.05, 4.69) is 5.32 Å². The molecule has 1 N–H and O–H groups in total. The molecule has 0 unspecified atom stereocenters. The van der Waals surface area contributed by atoms with Crippen molar-refractivity contribution in [1.29, 1.82) is 0 Å². The van der Waals surface area contributed by atoms with Crippen molar-refractivity contribution < 1.29 is 23.8 Å². The van der Waals surface area contributed by atoms with Gasteiger partial charge in [-0.2, -0.15) is 0 Å². The van der Waals surface area contributed by atoms with E-state index in [1.54, 1.807) is 24.3 Å². The minimum absolute atomic E-state index is 0.397. The van der Waals surface area contributed by atoms with E-state index in [1.807, 2.05) is 30.3 Å². The van der Waals surface area contributed by atoms with Crippen LogP contribution in [0.5, 0.6) is 0 Å². The Labute approximate surface area is 148 Å². The first-order valence-electron chi connectivity index (χ1n) is 8.38. The maximum atomic E-state index is 12.7. The summed E-state index contributed by atoms with van der Waals surface area (Å²) in [6, 6.07) is 13.1. The minimum Gasteiger partial charge on any atom is -0.550 e. The molecular formula is C20H14NO5-. The molecule has 2 aromatic carbocycles. The lowest BCUT2D eigenvalue weighted by Crippen LogP contribution is -2.45. The molecule has 1 aromatic heterocycles. The van der Waals surface area contributed by atoms with Gasteiger partial charge in [0.05, 0.1) is 18.1 Å². The van der Waals surface area contributed by atoms with Crippen molar-refractivity contribution in [3.05, 3.63) is 54.6 Å². The summed E-state index contributed by atoms with van der Waals surface area (Å²) in [5.74, 6) is -3.44. The number of fused-ring (bicyclic) bond motifs is 5. The lowest BCUT2D eigenvalue weighted by Gasteiger charge is -2.24. The Kier molecular flexibility index (Phi) is 3.17. The number of carbonyl (C=O) groups is 2. The van der Waals surface area contributed by atoms with Gasteiger partial charge in [0, 0.05) is 34.4 Å². The van der Waals surface area contributed by atoms with Crippen molar-refractivity contribution in [2.45, 2.75) is 12.2 Å². The summed E-state index contributed by atoms with van der Waals surface area (Å²) in [6.07, 6.45) is 2.28. The van der Waals surface area contributed by atoms with Crippen LogP contribution in [0.4, 0.5) is 5.69 Å². The molecule has 0 spiro atoms. The SMILES string of the molecule is O=C([O-])[C@@H]1[C@@H](C(=O)Nc2ccc3c(c2)oc2ccccc23)[C@H]2C=C[C@@H]1O2. The number of amides is 1. The second kappa shape index (κ2) is 5.44. The Balaban J connectivity index is 1.45. The second-order valence-corrected chi connectivity index (χ2v) is 6.62. The number of carboxylic acids is 1. The van der Waals surface area contributed by atoms with Crippen LogP contribution in [-0.2, 0) is 14.3 Å². The first kappa shape index (κ1) is 15.2. The molecule has 2 aliphatic rings. The van der Waals surface area contributed by atoms with Gasteiger partial charge >= 0.3 is 0 Å². The molecule has 2 aliphatic heterocycles. The van der Waals surface area contributed by atoms with Gasteiger partial charge in [0.25, 0.3) is 0 Å². The van der Waals surface area contributed by atoms with Crippen molar-refractivity contribution >= 4 is 39.5 Å². The fraction of sp³-hybridized carbons (Fsp3) is 0.200. The largest absolute Gasteiger partial charge is 0.550 e. The Morgan fingerprint density at radius 2 is 1.65 bits per heavy atom. The molecule has 0 radical (unpaired) electrons. The normalized spacial score (nSPS) is 26.6. The van der Waals surface area contributed by atoms with Crippen LogP contribution in [0, 0.1) is 11.8 Å². The molecule has 4 atom stereocenters. The van der Waals surface area contributed by atoms with Crippen molar-refractivity contribution in [3.8, 4) is 0 Å². The fourth-order valence-corrected chi connectivity index (χ4v) is 3.93. The number of carboxylic acid groups (broad SMARTS) is 1. The number of aliphatic carboxylic acids is 1. The monoisotopic (exact) mass is 348 g/mol. The molecule has 1 fully saturated rings. The number of hydrogen-bond acceptors (Lipinski definition) is 5. The Hall–Kier alpha value is -3.12. The van der Waals surface area contributed by atoms with E-state index >= 15 is 0 Å². The van der Waals surface area contributed by atoms with Crippen molar-refractivity contribution in [2.75, 3.05) is 5.32 Å². The van der Waals surface area contributed by atoms with Crippen LogP contribution >= 0.6 is 0 Å². The molecule has 0 aliphatic carbocycles. The molecular weight excluding hydrogens is 334 g/mol. The van der Waals surface area contributed by atoms with Gasteiger partial charge in [-0.3, -0.25) is 4.79 Å². The average Bonchev–Trinajstić information content (AvgIpc) is 3.33. The molecule has 6 heteroatoms. The Morgan fingerprint density at radius 3 is 2.46 bits per heavy atom.